The zero-order valence-corrected chi connectivity index (χ0v) is 19.4. The molecular formula is C21H33F3O5Si. The van der Waals surface area contributed by atoms with Gasteiger partial charge in [0.25, 0.3) is 0 Å². The van der Waals surface area contributed by atoms with Crippen LogP contribution in [-0.4, -0.2) is 56.7 Å². The van der Waals surface area contributed by atoms with Gasteiger partial charge in [0.15, 0.2) is 8.32 Å². The largest absolute Gasteiger partial charge is 0.497 e. The molecule has 5 nitrogen and oxygen atoms in total. The van der Waals surface area contributed by atoms with E-state index in [0.717, 1.165) is 11.6 Å². The number of aliphatic hydroxyl groups excluding tert-OH is 1. The molecule has 9 heteroatoms. The highest BCUT2D eigenvalue weighted by atomic mass is 28.4. The Morgan fingerprint density at radius 1 is 1.10 bits per heavy atom. The Morgan fingerprint density at radius 3 is 2.10 bits per heavy atom. The molecule has 2 atom stereocenters. The smallest absolute Gasteiger partial charge is 0.423 e. The summed E-state index contributed by atoms with van der Waals surface area (Å²) in [5.74, 6) is 0.686. The second kappa shape index (κ2) is 10.3. The minimum Gasteiger partial charge on any atom is -0.497 e. The third kappa shape index (κ3) is 6.81. The molecule has 0 spiro atoms. The summed E-state index contributed by atoms with van der Waals surface area (Å²) < 4.78 is 57.3. The molecule has 0 aromatic heterocycles. The predicted molar refractivity (Wildman–Crippen MR) is 112 cm³/mol. The maximum absolute atomic E-state index is 13.7. The lowest BCUT2D eigenvalue weighted by Crippen LogP contribution is -2.59. The van der Waals surface area contributed by atoms with Crippen LogP contribution >= 0.6 is 0 Å². The van der Waals surface area contributed by atoms with Gasteiger partial charge in [-0.05, 0) is 41.9 Å². The quantitative estimate of drug-likeness (QED) is 0.313. The van der Waals surface area contributed by atoms with E-state index in [2.05, 4.69) is 0 Å². The maximum atomic E-state index is 13.7. The van der Waals surface area contributed by atoms with E-state index in [1.54, 1.807) is 44.5 Å². The highest BCUT2D eigenvalue weighted by Crippen LogP contribution is 2.42. The van der Waals surface area contributed by atoms with E-state index in [4.69, 9.17) is 13.9 Å². The summed E-state index contributed by atoms with van der Waals surface area (Å²) in [5, 5.41) is 19.7. The lowest BCUT2D eigenvalue weighted by atomic mass is 9.95. The van der Waals surface area contributed by atoms with Gasteiger partial charge in [-0.15, -0.1) is 0 Å². The van der Waals surface area contributed by atoms with E-state index in [1.165, 1.54) is 0 Å². The summed E-state index contributed by atoms with van der Waals surface area (Å²) >= 11 is 0. The average molecular weight is 451 g/mol. The van der Waals surface area contributed by atoms with Crippen molar-refractivity contribution in [1.29, 1.82) is 0 Å². The Morgan fingerprint density at radius 2 is 1.67 bits per heavy atom. The Hall–Kier alpha value is -1.39. The normalized spacial score (nSPS) is 16.5. The highest BCUT2D eigenvalue weighted by molar-refractivity contribution is 6.74. The van der Waals surface area contributed by atoms with Crippen LogP contribution in [0.5, 0.6) is 5.75 Å². The molecule has 0 amide bonds. The molecule has 0 fully saturated rings. The van der Waals surface area contributed by atoms with Crippen LogP contribution < -0.4 is 4.74 Å². The minimum atomic E-state index is -5.03. The van der Waals surface area contributed by atoms with Gasteiger partial charge in [-0.3, -0.25) is 0 Å². The summed E-state index contributed by atoms with van der Waals surface area (Å²) in [5.41, 5.74) is -2.51. The molecule has 0 unspecified atom stereocenters. The van der Waals surface area contributed by atoms with Crippen LogP contribution in [0.3, 0.4) is 0 Å². The summed E-state index contributed by atoms with van der Waals surface area (Å²) in [6.45, 7) is 8.17. The number of hydrogen-bond donors (Lipinski definition) is 2. The van der Waals surface area contributed by atoms with Crippen LogP contribution in [-0.2, 0) is 15.8 Å². The Labute approximate surface area is 177 Å². The van der Waals surface area contributed by atoms with Crippen molar-refractivity contribution in [2.75, 3.05) is 20.3 Å². The third-order valence-corrected chi connectivity index (χ3v) is 9.85. The van der Waals surface area contributed by atoms with E-state index < -0.39 is 37.8 Å². The minimum absolute atomic E-state index is 0.150. The number of halogens is 3. The fraction of sp³-hybridized carbons (Fsp3) is 0.619. The summed E-state index contributed by atoms with van der Waals surface area (Å²) in [6.07, 6.45) is -5.17. The number of benzene rings is 1. The fourth-order valence-corrected chi connectivity index (χ4v) is 3.70. The number of ether oxygens (including phenoxy) is 2. The monoisotopic (exact) mass is 450 g/mol. The van der Waals surface area contributed by atoms with Gasteiger partial charge in [0, 0.05) is 0 Å². The van der Waals surface area contributed by atoms with Crippen LogP contribution in [0.4, 0.5) is 13.2 Å². The van der Waals surface area contributed by atoms with Crippen molar-refractivity contribution in [3.63, 3.8) is 0 Å². The SMILES string of the molecule is COc1ccc(COC/C=C\[C@@](O)([C@@H](CO)O[Si](C)(C)C(C)(C)C)C(F)(F)F)cc1. The van der Waals surface area contributed by atoms with Crippen molar-refractivity contribution in [3.05, 3.63) is 42.0 Å². The first kappa shape index (κ1) is 26.6. The van der Waals surface area contributed by atoms with Crippen molar-refractivity contribution < 1.29 is 37.3 Å². The molecule has 0 radical (unpaired) electrons. The van der Waals surface area contributed by atoms with Crippen molar-refractivity contribution in [3.8, 4) is 5.75 Å². The van der Waals surface area contributed by atoms with Gasteiger partial charge in [0.2, 0.25) is 5.60 Å². The Kier molecular flexibility index (Phi) is 9.13. The molecule has 0 bridgehead atoms. The second-order valence-corrected chi connectivity index (χ2v) is 13.4. The molecule has 1 rings (SSSR count). The zero-order chi connectivity index (χ0) is 23.2. The lowest BCUT2D eigenvalue weighted by Gasteiger charge is -2.43. The van der Waals surface area contributed by atoms with Gasteiger partial charge in [-0.25, -0.2) is 0 Å². The predicted octanol–water partition coefficient (Wildman–Crippen LogP) is 4.44. The van der Waals surface area contributed by atoms with Crippen molar-refractivity contribution in [2.24, 2.45) is 0 Å². The van der Waals surface area contributed by atoms with Crippen LogP contribution in [0, 0.1) is 0 Å². The molecule has 2 N–H and O–H groups in total. The molecule has 0 aliphatic rings. The zero-order valence-electron chi connectivity index (χ0n) is 18.4. The number of rotatable bonds is 10. The maximum Gasteiger partial charge on any atom is 0.423 e. The van der Waals surface area contributed by atoms with Gasteiger partial charge < -0.3 is 24.1 Å². The fourth-order valence-electron chi connectivity index (χ4n) is 2.38. The molecule has 0 heterocycles. The van der Waals surface area contributed by atoms with Crippen LogP contribution in [0.2, 0.25) is 18.1 Å². The molecule has 172 valence electrons. The van der Waals surface area contributed by atoms with Crippen molar-refractivity contribution in [1.82, 2.24) is 0 Å². The van der Waals surface area contributed by atoms with Crippen LogP contribution in [0.25, 0.3) is 0 Å². The van der Waals surface area contributed by atoms with Gasteiger partial charge in [0.05, 0.1) is 26.9 Å². The van der Waals surface area contributed by atoms with Crippen molar-refractivity contribution >= 4 is 8.32 Å². The van der Waals surface area contributed by atoms with Crippen LogP contribution in [0.15, 0.2) is 36.4 Å². The number of hydrogen-bond acceptors (Lipinski definition) is 5. The standard InChI is InChI=1S/C21H33F3O5Si/c1-19(2,3)30(5,6)29-18(14-25)20(26,21(22,23)24)12-7-13-28-15-16-8-10-17(27-4)11-9-16/h7-12,18,25-26H,13-15H2,1-6H3/b12-7-/t18-,20-/m1/s1. The van der Waals surface area contributed by atoms with Crippen LogP contribution in [0.1, 0.15) is 26.3 Å². The highest BCUT2D eigenvalue weighted by Gasteiger charge is 2.59. The van der Waals surface area contributed by atoms with E-state index in [1.807, 2.05) is 20.8 Å². The topological polar surface area (TPSA) is 68.2 Å². The number of methoxy groups -OCH3 is 1. The summed E-state index contributed by atoms with van der Waals surface area (Å²) in [4.78, 5) is 0. The van der Waals surface area contributed by atoms with Gasteiger partial charge >= 0.3 is 6.18 Å². The van der Waals surface area contributed by atoms with E-state index in [0.29, 0.717) is 11.8 Å². The van der Waals surface area contributed by atoms with E-state index in [9.17, 15) is 23.4 Å². The average Bonchev–Trinajstić information content (AvgIpc) is 2.64. The van der Waals surface area contributed by atoms with Gasteiger partial charge in [-0.2, -0.15) is 13.2 Å². The van der Waals surface area contributed by atoms with Gasteiger partial charge in [-0.1, -0.05) is 39.0 Å². The third-order valence-electron chi connectivity index (χ3n) is 5.37. The molecule has 0 aliphatic heterocycles. The molecule has 0 saturated carbocycles. The first-order chi connectivity index (χ1) is 13.7. The van der Waals surface area contributed by atoms with E-state index >= 15 is 0 Å². The van der Waals surface area contributed by atoms with Gasteiger partial charge in [0.1, 0.15) is 11.9 Å². The molecule has 0 saturated heterocycles. The summed E-state index contributed by atoms with van der Waals surface area (Å²) in [6, 6.07) is 7.06. The Balaban J connectivity index is 2.87. The number of alkyl halides is 3. The Bertz CT molecular complexity index is 683. The number of aliphatic hydroxyl groups is 2. The second-order valence-electron chi connectivity index (χ2n) is 8.64. The lowest BCUT2D eigenvalue weighted by molar-refractivity contribution is -0.270. The first-order valence-corrected chi connectivity index (χ1v) is 12.5. The molecule has 30 heavy (non-hydrogen) atoms. The summed E-state index contributed by atoms with van der Waals surface area (Å²) in [7, 11) is -1.13. The first-order valence-electron chi connectivity index (χ1n) is 9.64. The molecule has 1 aromatic carbocycles. The molecule has 0 aliphatic carbocycles. The molecular weight excluding hydrogens is 417 g/mol. The van der Waals surface area contributed by atoms with Crippen molar-refractivity contribution in [2.45, 2.75) is 63.4 Å². The molecule has 1 aromatic rings. The van der Waals surface area contributed by atoms with E-state index in [-0.39, 0.29) is 13.2 Å².